The molecule has 0 radical (unpaired) electrons. The molecule has 0 saturated heterocycles. The van der Waals surface area contributed by atoms with Crippen LogP contribution >= 0.6 is 23.1 Å². The number of halogens is 1. The van der Waals surface area contributed by atoms with Crippen LogP contribution in [0, 0.1) is 5.82 Å². The van der Waals surface area contributed by atoms with Crippen LogP contribution in [-0.4, -0.2) is 43.2 Å². The van der Waals surface area contributed by atoms with Crippen molar-refractivity contribution in [3.05, 3.63) is 42.2 Å². The lowest BCUT2D eigenvalue weighted by Gasteiger charge is -2.14. The molecule has 30 heavy (non-hydrogen) atoms. The summed E-state index contributed by atoms with van der Waals surface area (Å²) in [6.07, 6.45) is 0. The highest BCUT2D eigenvalue weighted by Crippen LogP contribution is 2.40. The summed E-state index contributed by atoms with van der Waals surface area (Å²) in [6, 6.07) is 9.57. The van der Waals surface area contributed by atoms with E-state index in [0.717, 1.165) is 0 Å². The second-order valence-electron chi connectivity index (χ2n) is 5.73. The summed E-state index contributed by atoms with van der Waals surface area (Å²) >= 11 is 2.45. The lowest BCUT2D eigenvalue weighted by molar-refractivity contribution is -0.113. The number of ether oxygens (including phenoxy) is 3. The van der Waals surface area contributed by atoms with Gasteiger partial charge in [-0.3, -0.25) is 4.79 Å². The van der Waals surface area contributed by atoms with Gasteiger partial charge in [0.1, 0.15) is 5.82 Å². The smallest absolute Gasteiger partial charge is 0.234 e. The average Bonchev–Trinajstić information content (AvgIpc) is 3.20. The highest BCUT2D eigenvalue weighted by molar-refractivity contribution is 8.01. The van der Waals surface area contributed by atoms with Crippen LogP contribution in [0.15, 0.2) is 40.7 Å². The van der Waals surface area contributed by atoms with Crippen LogP contribution in [0.4, 0.5) is 20.9 Å². The van der Waals surface area contributed by atoms with Crippen molar-refractivity contribution in [3.8, 4) is 17.2 Å². The number of anilines is 3. The van der Waals surface area contributed by atoms with Crippen LogP contribution in [-0.2, 0) is 4.79 Å². The Bertz CT molecular complexity index is 1010. The summed E-state index contributed by atoms with van der Waals surface area (Å²) in [5.74, 6) is 0.807. The maximum absolute atomic E-state index is 13.7. The fourth-order valence-electron chi connectivity index (χ4n) is 2.47. The fourth-order valence-corrected chi connectivity index (χ4v) is 4.04. The van der Waals surface area contributed by atoms with E-state index in [9.17, 15) is 9.18 Å². The molecule has 8 nitrogen and oxygen atoms in total. The van der Waals surface area contributed by atoms with Crippen LogP contribution < -0.4 is 24.8 Å². The molecule has 0 bridgehead atoms. The van der Waals surface area contributed by atoms with E-state index in [2.05, 4.69) is 20.8 Å². The third kappa shape index (κ3) is 5.30. The van der Waals surface area contributed by atoms with E-state index in [1.807, 2.05) is 0 Å². The maximum Gasteiger partial charge on any atom is 0.234 e. The molecule has 1 amide bonds. The summed E-state index contributed by atoms with van der Waals surface area (Å²) in [6.45, 7) is 0. The standard InChI is InChI=1S/C19H19FN4O4S2/c1-26-14-8-11(9-15(27-2)17(14)28-3)21-16(25)10-29-19-24-23-18(30-19)22-13-7-5-4-6-12(13)20/h4-9H,10H2,1-3H3,(H,21,25)(H,22,23). The number of aromatic nitrogens is 2. The molecule has 0 aliphatic rings. The van der Waals surface area contributed by atoms with E-state index in [0.29, 0.717) is 38.1 Å². The minimum Gasteiger partial charge on any atom is -0.493 e. The van der Waals surface area contributed by atoms with Crippen molar-refractivity contribution in [3.63, 3.8) is 0 Å². The first-order chi connectivity index (χ1) is 14.5. The normalized spacial score (nSPS) is 10.4. The zero-order valence-electron chi connectivity index (χ0n) is 16.4. The molecule has 1 aromatic heterocycles. The third-order valence-electron chi connectivity index (χ3n) is 3.80. The number of nitrogens with zero attached hydrogens (tertiary/aromatic N) is 2. The van der Waals surface area contributed by atoms with Gasteiger partial charge in [-0.05, 0) is 12.1 Å². The molecule has 11 heteroatoms. The third-order valence-corrected chi connectivity index (χ3v) is 5.77. The number of para-hydroxylation sites is 1. The van der Waals surface area contributed by atoms with E-state index in [-0.39, 0.29) is 17.5 Å². The van der Waals surface area contributed by atoms with Gasteiger partial charge in [0.2, 0.25) is 16.8 Å². The molecule has 158 valence electrons. The predicted molar refractivity (Wildman–Crippen MR) is 115 cm³/mol. The van der Waals surface area contributed by atoms with Crippen LogP contribution in [0.5, 0.6) is 17.2 Å². The molecular formula is C19H19FN4O4S2. The summed E-state index contributed by atoms with van der Waals surface area (Å²) in [5.41, 5.74) is 0.819. The Morgan fingerprint density at radius 3 is 2.43 bits per heavy atom. The topological polar surface area (TPSA) is 94.6 Å². The molecule has 0 aliphatic heterocycles. The van der Waals surface area contributed by atoms with Crippen molar-refractivity contribution in [2.75, 3.05) is 37.7 Å². The summed E-state index contributed by atoms with van der Waals surface area (Å²) in [5, 5.41) is 14.1. The molecule has 0 fully saturated rings. The van der Waals surface area contributed by atoms with Gasteiger partial charge >= 0.3 is 0 Å². The Morgan fingerprint density at radius 1 is 1.10 bits per heavy atom. The first kappa shape index (κ1) is 21.7. The van der Waals surface area contributed by atoms with Gasteiger partial charge in [0.05, 0.1) is 32.8 Å². The van der Waals surface area contributed by atoms with Crippen molar-refractivity contribution in [1.29, 1.82) is 0 Å². The first-order valence-electron chi connectivity index (χ1n) is 8.61. The molecule has 2 aromatic carbocycles. The molecule has 0 spiro atoms. The molecule has 3 aromatic rings. The predicted octanol–water partition coefficient (Wildman–Crippen LogP) is 4.18. The number of hydrogen-bond donors (Lipinski definition) is 2. The number of thioether (sulfide) groups is 1. The van der Waals surface area contributed by atoms with Gasteiger partial charge in [0, 0.05) is 17.8 Å². The summed E-state index contributed by atoms with van der Waals surface area (Å²) in [4.78, 5) is 12.3. The van der Waals surface area contributed by atoms with Crippen LogP contribution in [0.3, 0.4) is 0 Å². The van der Waals surface area contributed by atoms with Gasteiger partial charge in [0.25, 0.3) is 0 Å². The molecular weight excluding hydrogens is 431 g/mol. The van der Waals surface area contributed by atoms with E-state index in [1.165, 1.54) is 50.5 Å². The van der Waals surface area contributed by atoms with Gasteiger partial charge in [-0.15, -0.1) is 10.2 Å². The number of carbonyl (C=O) groups is 1. The Labute approximate surface area is 180 Å². The molecule has 0 atom stereocenters. The van der Waals surface area contributed by atoms with Crippen LogP contribution in [0.2, 0.25) is 0 Å². The Morgan fingerprint density at radius 2 is 1.80 bits per heavy atom. The van der Waals surface area contributed by atoms with E-state index in [4.69, 9.17) is 14.2 Å². The highest BCUT2D eigenvalue weighted by Gasteiger charge is 2.15. The molecule has 2 N–H and O–H groups in total. The maximum atomic E-state index is 13.7. The second kappa shape index (κ2) is 10.1. The van der Waals surface area contributed by atoms with Crippen LogP contribution in [0.25, 0.3) is 0 Å². The van der Waals surface area contributed by atoms with Crippen LogP contribution in [0.1, 0.15) is 0 Å². The van der Waals surface area contributed by atoms with Gasteiger partial charge < -0.3 is 24.8 Å². The minimum atomic E-state index is -0.383. The number of amides is 1. The van der Waals surface area contributed by atoms with Crippen molar-refractivity contribution >= 4 is 45.5 Å². The molecule has 0 unspecified atom stereocenters. The summed E-state index contributed by atoms with van der Waals surface area (Å²) < 4.78 is 30.1. The van der Waals surface area contributed by atoms with Gasteiger partial charge in [0.15, 0.2) is 15.8 Å². The van der Waals surface area contributed by atoms with Crippen molar-refractivity contribution in [2.24, 2.45) is 0 Å². The zero-order chi connectivity index (χ0) is 21.5. The highest BCUT2D eigenvalue weighted by atomic mass is 32.2. The van der Waals surface area contributed by atoms with Crippen molar-refractivity contribution in [1.82, 2.24) is 10.2 Å². The SMILES string of the molecule is COc1cc(NC(=O)CSc2nnc(Nc3ccccc3F)s2)cc(OC)c1OC. The lowest BCUT2D eigenvalue weighted by Crippen LogP contribution is -2.14. The average molecular weight is 451 g/mol. The monoisotopic (exact) mass is 450 g/mol. The van der Waals surface area contributed by atoms with E-state index in [1.54, 1.807) is 30.3 Å². The van der Waals surface area contributed by atoms with Crippen molar-refractivity contribution in [2.45, 2.75) is 4.34 Å². The Kier molecular flexibility index (Phi) is 7.31. The zero-order valence-corrected chi connectivity index (χ0v) is 18.0. The summed E-state index contributed by atoms with van der Waals surface area (Å²) in [7, 11) is 4.51. The number of rotatable bonds is 9. The quantitative estimate of drug-likeness (QED) is 0.469. The number of carbonyl (C=O) groups excluding carboxylic acids is 1. The Hall–Kier alpha value is -3.05. The number of hydrogen-bond acceptors (Lipinski definition) is 9. The second-order valence-corrected chi connectivity index (χ2v) is 7.93. The molecule has 3 rings (SSSR count). The van der Waals surface area contributed by atoms with E-state index >= 15 is 0 Å². The van der Waals surface area contributed by atoms with Gasteiger partial charge in [-0.25, -0.2) is 4.39 Å². The molecule has 0 saturated carbocycles. The molecule has 0 aliphatic carbocycles. The number of methoxy groups -OCH3 is 3. The Balaban J connectivity index is 1.59. The first-order valence-corrected chi connectivity index (χ1v) is 10.4. The fraction of sp³-hybridized carbons (Fsp3) is 0.211. The lowest BCUT2D eigenvalue weighted by atomic mass is 10.2. The molecule has 1 heterocycles. The van der Waals surface area contributed by atoms with Gasteiger partial charge in [-0.2, -0.15) is 0 Å². The van der Waals surface area contributed by atoms with E-state index < -0.39 is 0 Å². The largest absolute Gasteiger partial charge is 0.493 e. The van der Waals surface area contributed by atoms with Gasteiger partial charge in [-0.1, -0.05) is 35.2 Å². The van der Waals surface area contributed by atoms with Crippen molar-refractivity contribution < 1.29 is 23.4 Å². The minimum absolute atomic E-state index is 0.116. The number of benzene rings is 2. The number of nitrogens with one attached hydrogen (secondary N) is 2.